The van der Waals surface area contributed by atoms with E-state index in [1.807, 2.05) is 48.2 Å². The smallest absolute Gasteiger partial charge is 0.245 e. The Morgan fingerprint density at radius 1 is 1.29 bits per heavy atom. The summed E-state index contributed by atoms with van der Waals surface area (Å²) in [6, 6.07) is 13.7. The zero-order chi connectivity index (χ0) is 14.7. The molecule has 1 aliphatic heterocycles. The van der Waals surface area contributed by atoms with Crippen LogP contribution >= 0.6 is 0 Å². The van der Waals surface area contributed by atoms with E-state index in [0.717, 1.165) is 17.8 Å². The van der Waals surface area contributed by atoms with Gasteiger partial charge in [0.05, 0.1) is 12.2 Å². The fourth-order valence-corrected chi connectivity index (χ4v) is 2.70. The van der Waals surface area contributed by atoms with Crippen molar-refractivity contribution in [3.05, 3.63) is 59.9 Å². The molecular weight excluding hydrogens is 262 g/mol. The molecule has 0 saturated heterocycles. The zero-order valence-corrected chi connectivity index (χ0v) is 12.1. The number of pyridine rings is 1. The van der Waals surface area contributed by atoms with E-state index < -0.39 is 0 Å². The summed E-state index contributed by atoms with van der Waals surface area (Å²) in [7, 11) is 0. The molecule has 2 aromatic rings. The van der Waals surface area contributed by atoms with E-state index >= 15 is 0 Å². The highest BCUT2D eigenvalue weighted by Crippen LogP contribution is 2.26. The molecule has 3 rings (SSSR count). The maximum absolute atomic E-state index is 12.7. The zero-order valence-electron chi connectivity index (χ0n) is 12.1. The number of anilines is 1. The second kappa shape index (κ2) is 5.95. The lowest BCUT2D eigenvalue weighted by atomic mass is 10.1. The van der Waals surface area contributed by atoms with Crippen LogP contribution in [0.3, 0.4) is 0 Å². The van der Waals surface area contributed by atoms with Crippen molar-refractivity contribution in [3.8, 4) is 0 Å². The van der Waals surface area contributed by atoms with Gasteiger partial charge in [-0.25, -0.2) is 0 Å². The molecule has 1 aromatic carbocycles. The number of rotatable bonds is 4. The quantitative estimate of drug-likeness (QED) is 0.936. The van der Waals surface area contributed by atoms with Crippen LogP contribution in [0.4, 0.5) is 5.69 Å². The molecule has 0 saturated carbocycles. The van der Waals surface area contributed by atoms with E-state index in [-0.39, 0.29) is 11.9 Å². The first-order valence-electron chi connectivity index (χ1n) is 7.31. The molecule has 1 amide bonds. The van der Waals surface area contributed by atoms with Crippen LogP contribution in [0.2, 0.25) is 0 Å². The monoisotopic (exact) mass is 281 g/mol. The molecule has 0 spiro atoms. The third kappa shape index (κ3) is 2.89. The molecule has 1 N–H and O–H groups in total. The summed E-state index contributed by atoms with van der Waals surface area (Å²) in [4.78, 5) is 18.8. The second-order valence-corrected chi connectivity index (χ2v) is 5.23. The number of nitrogens with one attached hydrogen (secondary N) is 1. The van der Waals surface area contributed by atoms with Gasteiger partial charge in [0.25, 0.3) is 0 Å². The molecule has 2 heterocycles. The van der Waals surface area contributed by atoms with Crippen molar-refractivity contribution < 1.29 is 4.79 Å². The van der Waals surface area contributed by atoms with Gasteiger partial charge in [0.1, 0.15) is 6.04 Å². The Kier molecular flexibility index (Phi) is 3.86. The minimum absolute atomic E-state index is 0.138. The maximum atomic E-state index is 12.7. The van der Waals surface area contributed by atoms with Gasteiger partial charge in [-0.05, 0) is 30.7 Å². The summed E-state index contributed by atoms with van der Waals surface area (Å²) in [6.07, 6.45) is 2.52. The summed E-state index contributed by atoms with van der Waals surface area (Å²) in [5, 5.41) is 3.32. The number of para-hydroxylation sites is 1. The molecular formula is C17H19N3O. The van der Waals surface area contributed by atoms with E-state index in [1.165, 1.54) is 5.56 Å². The van der Waals surface area contributed by atoms with Gasteiger partial charge in [-0.2, -0.15) is 0 Å². The van der Waals surface area contributed by atoms with Gasteiger partial charge in [0.15, 0.2) is 0 Å². The average molecular weight is 281 g/mol. The van der Waals surface area contributed by atoms with Gasteiger partial charge in [-0.3, -0.25) is 9.78 Å². The number of amides is 1. The Labute approximate surface area is 124 Å². The lowest BCUT2D eigenvalue weighted by molar-refractivity contribution is -0.132. The number of likely N-dealkylation sites (N-methyl/N-ethyl adjacent to an activating group) is 1. The molecule has 0 aliphatic carbocycles. The van der Waals surface area contributed by atoms with Crippen LogP contribution in [-0.4, -0.2) is 28.4 Å². The Hall–Kier alpha value is -2.36. The standard InChI is InChI=1S/C17H19N3O/c1-2-20(12-14-8-5-6-10-18-14)17(21)16-11-13-7-3-4-9-15(13)19-16/h3-10,16,19H,2,11-12H2,1H3. The van der Waals surface area contributed by atoms with Gasteiger partial charge in [0, 0.05) is 24.8 Å². The van der Waals surface area contributed by atoms with E-state index in [9.17, 15) is 4.79 Å². The third-order valence-corrected chi connectivity index (χ3v) is 3.84. The number of fused-ring (bicyclic) bond motifs is 1. The number of carbonyl (C=O) groups excluding carboxylic acids is 1. The molecule has 0 bridgehead atoms. The van der Waals surface area contributed by atoms with Crippen LogP contribution in [0.1, 0.15) is 18.2 Å². The van der Waals surface area contributed by atoms with Crippen LogP contribution < -0.4 is 5.32 Å². The Morgan fingerprint density at radius 2 is 2.10 bits per heavy atom. The van der Waals surface area contributed by atoms with Gasteiger partial charge >= 0.3 is 0 Å². The average Bonchev–Trinajstić information content (AvgIpc) is 2.97. The fourth-order valence-electron chi connectivity index (χ4n) is 2.70. The van der Waals surface area contributed by atoms with Crippen molar-refractivity contribution in [1.82, 2.24) is 9.88 Å². The Morgan fingerprint density at radius 3 is 2.81 bits per heavy atom. The van der Waals surface area contributed by atoms with Crippen molar-refractivity contribution in [3.63, 3.8) is 0 Å². The largest absolute Gasteiger partial charge is 0.373 e. The van der Waals surface area contributed by atoms with Gasteiger partial charge < -0.3 is 10.2 Å². The van der Waals surface area contributed by atoms with Crippen LogP contribution in [-0.2, 0) is 17.8 Å². The number of nitrogens with zero attached hydrogens (tertiary/aromatic N) is 2. The Balaban J connectivity index is 1.70. The Bertz CT molecular complexity index is 602. The summed E-state index contributed by atoms with van der Waals surface area (Å²) >= 11 is 0. The summed E-state index contributed by atoms with van der Waals surface area (Å²) in [5.74, 6) is 0.138. The molecule has 1 aliphatic rings. The van der Waals surface area contributed by atoms with Gasteiger partial charge in [0.2, 0.25) is 5.91 Å². The molecule has 1 unspecified atom stereocenters. The van der Waals surface area contributed by atoms with E-state index in [2.05, 4.69) is 16.4 Å². The lowest BCUT2D eigenvalue weighted by Crippen LogP contribution is -2.41. The van der Waals surface area contributed by atoms with Crippen LogP contribution in [0, 0.1) is 0 Å². The number of benzene rings is 1. The molecule has 1 aromatic heterocycles. The van der Waals surface area contributed by atoms with Crippen LogP contribution in [0.5, 0.6) is 0 Å². The number of hydrogen-bond acceptors (Lipinski definition) is 3. The molecule has 4 nitrogen and oxygen atoms in total. The van der Waals surface area contributed by atoms with Crippen molar-refractivity contribution in [1.29, 1.82) is 0 Å². The second-order valence-electron chi connectivity index (χ2n) is 5.23. The van der Waals surface area contributed by atoms with E-state index in [0.29, 0.717) is 13.1 Å². The third-order valence-electron chi connectivity index (χ3n) is 3.84. The number of carbonyl (C=O) groups is 1. The first-order chi connectivity index (χ1) is 10.3. The van der Waals surface area contributed by atoms with E-state index in [1.54, 1.807) is 6.20 Å². The summed E-state index contributed by atoms with van der Waals surface area (Å²) in [5.41, 5.74) is 3.21. The van der Waals surface area contributed by atoms with Crippen LogP contribution in [0.15, 0.2) is 48.7 Å². The molecule has 108 valence electrons. The van der Waals surface area contributed by atoms with Crippen molar-refractivity contribution >= 4 is 11.6 Å². The van der Waals surface area contributed by atoms with Crippen LogP contribution in [0.25, 0.3) is 0 Å². The highest BCUT2D eigenvalue weighted by molar-refractivity contribution is 5.87. The maximum Gasteiger partial charge on any atom is 0.245 e. The molecule has 1 atom stereocenters. The highest BCUT2D eigenvalue weighted by Gasteiger charge is 2.29. The topological polar surface area (TPSA) is 45.2 Å². The predicted octanol–water partition coefficient (Wildman–Crippen LogP) is 2.47. The fraction of sp³-hybridized carbons (Fsp3) is 0.294. The highest BCUT2D eigenvalue weighted by atomic mass is 16.2. The van der Waals surface area contributed by atoms with Crippen molar-refractivity contribution in [2.75, 3.05) is 11.9 Å². The van der Waals surface area contributed by atoms with Gasteiger partial charge in [-0.1, -0.05) is 24.3 Å². The predicted molar refractivity (Wildman–Crippen MR) is 82.9 cm³/mol. The summed E-state index contributed by atoms with van der Waals surface area (Å²) < 4.78 is 0. The van der Waals surface area contributed by atoms with Crippen molar-refractivity contribution in [2.24, 2.45) is 0 Å². The molecule has 21 heavy (non-hydrogen) atoms. The molecule has 0 radical (unpaired) electrons. The SMILES string of the molecule is CCN(Cc1ccccn1)C(=O)C1Cc2ccccc2N1. The van der Waals surface area contributed by atoms with Crippen molar-refractivity contribution in [2.45, 2.75) is 25.9 Å². The minimum Gasteiger partial charge on any atom is -0.373 e. The van der Waals surface area contributed by atoms with E-state index in [4.69, 9.17) is 0 Å². The van der Waals surface area contributed by atoms with Gasteiger partial charge in [-0.15, -0.1) is 0 Å². The number of aromatic nitrogens is 1. The summed E-state index contributed by atoms with van der Waals surface area (Å²) in [6.45, 7) is 3.25. The lowest BCUT2D eigenvalue weighted by Gasteiger charge is -2.24. The normalized spacial score (nSPS) is 16.1. The first-order valence-corrected chi connectivity index (χ1v) is 7.31. The number of hydrogen-bond donors (Lipinski definition) is 1. The molecule has 4 heteroatoms. The molecule has 0 fully saturated rings. The minimum atomic E-state index is -0.161. The first kappa shape index (κ1) is 13.6.